The lowest BCUT2D eigenvalue weighted by Crippen LogP contribution is -2.47. The van der Waals surface area contributed by atoms with Crippen LogP contribution in [0.2, 0.25) is 0 Å². The highest BCUT2D eigenvalue weighted by Crippen LogP contribution is 2.43. The van der Waals surface area contributed by atoms with E-state index in [9.17, 15) is 19.5 Å². The van der Waals surface area contributed by atoms with Crippen molar-refractivity contribution in [2.24, 2.45) is 23.7 Å². The van der Waals surface area contributed by atoms with Crippen LogP contribution in [0.3, 0.4) is 0 Å². The number of ketones is 1. The molecule has 5 heteroatoms. The van der Waals surface area contributed by atoms with E-state index >= 15 is 0 Å². The predicted molar refractivity (Wildman–Crippen MR) is 86.7 cm³/mol. The van der Waals surface area contributed by atoms with Crippen LogP contribution in [0.25, 0.3) is 0 Å². The third-order valence-electron chi connectivity index (χ3n) is 5.52. The molecule has 0 saturated heterocycles. The number of carbonyl (C=O) groups is 3. The molecule has 0 radical (unpaired) electrons. The van der Waals surface area contributed by atoms with E-state index < -0.39 is 12.0 Å². The van der Waals surface area contributed by atoms with Crippen LogP contribution in [-0.4, -0.2) is 28.8 Å². The van der Waals surface area contributed by atoms with Gasteiger partial charge in [0.2, 0.25) is 5.91 Å². The van der Waals surface area contributed by atoms with Gasteiger partial charge in [-0.25, -0.2) is 4.79 Å². The summed E-state index contributed by atoms with van der Waals surface area (Å²) in [5.74, 6) is -1.05. The molecule has 1 fully saturated rings. The topological polar surface area (TPSA) is 83.5 Å². The Bertz CT molecular complexity index is 525. The Morgan fingerprint density at radius 2 is 2.04 bits per heavy atom. The van der Waals surface area contributed by atoms with Crippen LogP contribution in [0.4, 0.5) is 0 Å². The van der Waals surface area contributed by atoms with Gasteiger partial charge in [-0.05, 0) is 37.0 Å². The van der Waals surface area contributed by atoms with E-state index in [2.05, 4.69) is 12.2 Å². The lowest BCUT2D eigenvalue weighted by molar-refractivity contribution is -0.143. The maximum atomic E-state index is 12.7. The summed E-state index contributed by atoms with van der Waals surface area (Å²) in [6.45, 7) is 5.78. The standard InChI is InChI=1S/C18H27NO4/c1-4-10(3)16(18(22)23)19-17(21)14-9-11(5-2)8-13-12(14)6-7-15(13)20/h9-13,16H,4-8H2,1-3H3,(H,19,21)(H,22,23)/t10-,11+,12-,13-,16-/m0/s1. The lowest BCUT2D eigenvalue weighted by Gasteiger charge is -2.31. The molecule has 0 aromatic carbocycles. The van der Waals surface area contributed by atoms with Crippen molar-refractivity contribution in [3.63, 3.8) is 0 Å². The van der Waals surface area contributed by atoms with Gasteiger partial charge in [0.05, 0.1) is 0 Å². The average molecular weight is 321 g/mol. The number of carbonyl (C=O) groups excluding carboxylic acids is 2. The van der Waals surface area contributed by atoms with Crippen molar-refractivity contribution in [3.8, 4) is 0 Å². The number of amides is 1. The van der Waals surface area contributed by atoms with Crippen molar-refractivity contribution < 1.29 is 19.5 Å². The molecule has 128 valence electrons. The Morgan fingerprint density at radius 3 is 2.61 bits per heavy atom. The third-order valence-corrected chi connectivity index (χ3v) is 5.52. The van der Waals surface area contributed by atoms with Gasteiger partial charge < -0.3 is 10.4 Å². The van der Waals surface area contributed by atoms with Gasteiger partial charge in [-0.2, -0.15) is 0 Å². The fraction of sp³-hybridized carbons (Fsp3) is 0.722. The molecule has 2 N–H and O–H groups in total. The number of carboxylic acid groups (broad SMARTS) is 1. The smallest absolute Gasteiger partial charge is 0.326 e. The Kier molecular flexibility index (Phi) is 5.60. The maximum Gasteiger partial charge on any atom is 0.326 e. The first kappa shape index (κ1) is 17.7. The molecule has 1 saturated carbocycles. The molecule has 0 aromatic heterocycles. The maximum absolute atomic E-state index is 12.7. The normalized spacial score (nSPS) is 29.4. The number of hydrogen-bond donors (Lipinski definition) is 2. The minimum absolute atomic E-state index is 0.0309. The first-order valence-electron chi connectivity index (χ1n) is 8.67. The average Bonchev–Trinajstić information content (AvgIpc) is 2.91. The van der Waals surface area contributed by atoms with E-state index in [1.807, 2.05) is 19.9 Å². The summed E-state index contributed by atoms with van der Waals surface area (Å²) in [7, 11) is 0. The Balaban J connectivity index is 2.20. The summed E-state index contributed by atoms with van der Waals surface area (Å²) in [5.41, 5.74) is 0.633. The van der Waals surface area contributed by atoms with E-state index in [0.717, 1.165) is 12.8 Å². The van der Waals surface area contributed by atoms with Gasteiger partial charge in [0.25, 0.3) is 0 Å². The van der Waals surface area contributed by atoms with Crippen LogP contribution in [-0.2, 0) is 14.4 Å². The highest BCUT2D eigenvalue weighted by Gasteiger charge is 2.43. The van der Waals surface area contributed by atoms with Gasteiger partial charge in [0.15, 0.2) is 0 Å². The number of rotatable bonds is 6. The lowest BCUT2D eigenvalue weighted by atomic mass is 9.74. The monoisotopic (exact) mass is 321 g/mol. The van der Waals surface area contributed by atoms with Crippen molar-refractivity contribution in [2.45, 2.75) is 58.9 Å². The molecule has 5 nitrogen and oxygen atoms in total. The van der Waals surface area contributed by atoms with Crippen molar-refractivity contribution in [1.29, 1.82) is 0 Å². The first-order valence-corrected chi connectivity index (χ1v) is 8.67. The summed E-state index contributed by atoms with van der Waals surface area (Å²) in [6.07, 6.45) is 5.61. The molecule has 1 amide bonds. The first-order chi connectivity index (χ1) is 10.9. The Hall–Kier alpha value is -1.65. The molecule has 2 aliphatic carbocycles. The van der Waals surface area contributed by atoms with E-state index in [1.54, 1.807) is 0 Å². The van der Waals surface area contributed by atoms with E-state index in [1.165, 1.54) is 0 Å². The van der Waals surface area contributed by atoms with Crippen LogP contribution in [0.1, 0.15) is 52.9 Å². The summed E-state index contributed by atoms with van der Waals surface area (Å²) in [5, 5.41) is 12.1. The molecule has 0 unspecified atom stereocenters. The van der Waals surface area contributed by atoms with Crippen LogP contribution in [0.15, 0.2) is 11.6 Å². The third kappa shape index (κ3) is 3.65. The van der Waals surface area contributed by atoms with Crippen LogP contribution in [0.5, 0.6) is 0 Å². The summed E-state index contributed by atoms with van der Waals surface area (Å²) >= 11 is 0. The highest BCUT2D eigenvalue weighted by molar-refractivity contribution is 5.98. The zero-order valence-corrected chi connectivity index (χ0v) is 14.2. The fourth-order valence-corrected chi connectivity index (χ4v) is 3.78. The van der Waals surface area contributed by atoms with Gasteiger partial charge in [-0.15, -0.1) is 0 Å². The Morgan fingerprint density at radius 1 is 1.35 bits per heavy atom. The fourth-order valence-electron chi connectivity index (χ4n) is 3.78. The highest BCUT2D eigenvalue weighted by atomic mass is 16.4. The van der Waals surface area contributed by atoms with Gasteiger partial charge in [0.1, 0.15) is 11.8 Å². The summed E-state index contributed by atoms with van der Waals surface area (Å²) in [4.78, 5) is 36.2. The van der Waals surface area contributed by atoms with Crippen LogP contribution in [0, 0.1) is 23.7 Å². The van der Waals surface area contributed by atoms with Gasteiger partial charge in [-0.1, -0.05) is 33.3 Å². The van der Waals surface area contributed by atoms with Crippen molar-refractivity contribution in [1.82, 2.24) is 5.32 Å². The molecule has 23 heavy (non-hydrogen) atoms. The Labute approximate surface area is 137 Å². The molecule has 0 aliphatic heterocycles. The molecular weight excluding hydrogens is 294 g/mol. The summed E-state index contributed by atoms with van der Waals surface area (Å²) in [6, 6.07) is -0.883. The number of hydrogen-bond acceptors (Lipinski definition) is 3. The number of nitrogens with one attached hydrogen (secondary N) is 1. The number of Topliss-reactive ketones (excluding diaryl/α,β-unsaturated/α-hetero) is 1. The SMILES string of the molecule is CC[C@H]1C=C(C(=O)N[C@H](C(=O)O)[C@@H](C)CC)[C@H]2CCC(=O)[C@H]2C1. The van der Waals surface area contributed by atoms with Gasteiger partial charge in [-0.3, -0.25) is 9.59 Å². The van der Waals surface area contributed by atoms with Crippen molar-refractivity contribution in [3.05, 3.63) is 11.6 Å². The second-order valence-electron chi connectivity index (χ2n) is 6.92. The summed E-state index contributed by atoms with van der Waals surface area (Å²) < 4.78 is 0. The molecule has 0 bridgehead atoms. The number of carboxylic acids is 1. The quantitative estimate of drug-likeness (QED) is 0.787. The second kappa shape index (κ2) is 7.28. The van der Waals surface area contributed by atoms with Crippen molar-refractivity contribution in [2.75, 3.05) is 0 Å². The molecular formula is C18H27NO4. The molecule has 2 aliphatic rings. The van der Waals surface area contributed by atoms with Gasteiger partial charge in [0, 0.05) is 17.9 Å². The molecule has 0 aromatic rings. The van der Waals surface area contributed by atoms with Gasteiger partial charge >= 0.3 is 5.97 Å². The minimum atomic E-state index is -1.00. The van der Waals surface area contributed by atoms with E-state index in [0.29, 0.717) is 24.8 Å². The number of fused-ring (bicyclic) bond motifs is 1. The van der Waals surface area contributed by atoms with Crippen LogP contribution >= 0.6 is 0 Å². The van der Waals surface area contributed by atoms with Crippen molar-refractivity contribution >= 4 is 17.7 Å². The van der Waals surface area contributed by atoms with Crippen LogP contribution < -0.4 is 5.32 Å². The molecule has 5 atom stereocenters. The molecule has 0 heterocycles. The van der Waals surface area contributed by atoms with E-state index in [-0.39, 0.29) is 35.4 Å². The zero-order valence-electron chi connectivity index (χ0n) is 14.2. The number of aliphatic carboxylic acids is 1. The largest absolute Gasteiger partial charge is 0.480 e. The molecule has 2 rings (SSSR count). The minimum Gasteiger partial charge on any atom is -0.480 e. The number of allylic oxidation sites excluding steroid dienone is 1. The van der Waals surface area contributed by atoms with E-state index in [4.69, 9.17) is 0 Å². The zero-order chi connectivity index (χ0) is 17.1. The second-order valence-corrected chi connectivity index (χ2v) is 6.92. The predicted octanol–water partition coefficient (Wildman–Crippen LogP) is 2.55. The molecule has 0 spiro atoms.